The van der Waals surface area contributed by atoms with Crippen LogP contribution < -0.4 is 0 Å². The summed E-state index contributed by atoms with van der Waals surface area (Å²) >= 11 is 1.81. The molecule has 1 aromatic heterocycles. The molecule has 1 atom stereocenters. The fourth-order valence-corrected chi connectivity index (χ4v) is 3.44. The number of aromatic nitrogens is 2. The van der Waals surface area contributed by atoms with E-state index in [0.29, 0.717) is 11.6 Å². The van der Waals surface area contributed by atoms with Gasteiger partial charge in [-0.3, -0.25) is 0 Å². The van der Waals surface area contributed by atoms with Crippen LogP contribution in [-0.4, -0.2) is 32.6 Å². The van der Waals surface area contributed by atoms with Crippen LogP contribution in [0.25, 0.3) is 11.0 Å². The van der Waals surface area contributed by atoms with Gasteiger partial charge in [-0.2, -0.15) is 11.8 Å². The Morgan fingerprint density at radius 2 is 2.14 bits per heavy atom. The Bertz CT molecular complexity index is 649. The van der Waals surface area contributed by atoms with Gasteiger partial charge in [-0.25, -0.2) is 9.78 Å². The summed E-state index contributed by atoms with van der Waals surface area (Å²) in [5.41, 5.74) is 1.82. The van der Waals surface area contributed by atoms with Gasteiger partial charge in [-0.1, -0.05) is 26.8 Å². The molecule has 0 bridgehead atoms. The third kappa shape index (κ3) is 2.93. The van der Waals surface area contributed by atoms with Gasteiger partial charge >= 0.3 is 5.97 Å². The number of carboxylic acid groups (broad SMARTS) is 1. The van der Waals surface area contributed by atoms with E-state index in [-0.39, 0.29) is 11.5 Å². The van der Waals surface area contributed by atoms with Crippen LogP contribution in [0.2, 0.25) is 0 Å². The van der Waals surface area contributed by atoms with E-state index in [4.69, 9.17) is 0 Å². The Labute approximate surface area is 129 Å². The summed E-state index contributed by atoms with van der Waals surface area (Å²) in [5, 5.41) is 9.37. The highest BCUT2D eigenvalue weighted by molar-refractivity contribution is 7.98. The van der Waals surface area contributed by atoms with Gasteiger partial charge in [-0.15, -0.1) is 0 Å². The first-order valence-corrected chi connectivity index (χ1v) is 8.63. The number of fused-ring (bicyclic) bond motifs is 1. The van der Waals surface area contributed by atoms with Crippen LogP contribution in [0.4, 0.5) is 0 Å². The molecule has 0 aliphatic heterocycles. The van der Waals surface area contributed by atoms with Gasteiger partial charge in [0.1, 0.15) is 11.3 Å². The zero-order chi connectivity index (χ0) is 15.6. The fourth-order valence-electron chi connectivity index (χ4n) is 2.67. The zero-order valence-corrected chi connectivity index (χ0v) is 13.8. The van der Waals surface area contributed by atoms with E-state index < -0.39 is 5.97 Å². The predicted molar refractivity (Wildman–Crippen MR) is 88.5 cm³/mol. The molecule has 0 spiro atoms. The lowest BCUT2D eigenvalue weighted by Gasteiger charge is -2.21. The Morgan fingerprint density at radius 1 is 1.43 bits per heavy atom. The lowest BCUT2D eigenvalue weighted by Crippen LogP contribution is -2.15. The molecule has 0 saturated heterocycles. The number of carbonyl (C=O) groups is 1. The van der Waals surface area contributed by atoms with E-state index in [1.807, 2.05) is 17.8 Å². The lowest BCUT2D eigenvalue weighted by molar-refractivity contribution is 0.0699. The van der Waals surface area contributed by atoms with E-state index in [2.05, 4.69) is 36.6 Å². The predicted octanol–water partition coefficient (Wildman–Crippen LogP) is 4.17. The summed E-state index contributed by atoms with van der Waals surface area (Å²) in [6.07, 6.45) is 3.10. The third-order valence-corrected chi connectivity index (χ3v) is 4.41. The molecule has 0 amide bonds. The van der Waals surface area contributed by atoms with Gasteiger partial charge in [0.25, 0.3) is 0 Å². The highest BCUT2D eigenvalue weighted by Gasteiger charge is 2.22. The van der Waals surface area contributed by atoms with Crippen LogP contribution in [0.1, 0.15) is 55.3 Å². The van der Waals surface area contributed by atoms with Crippen molar-refractivity contribution in [3.8, 4) is 0 Å². The monoisotopic (exact) mass is 306 g/mol. The highest BCUT2D eigenvalue weighted by Crippen LogP contribution is 2.30. The average molecular weight is 306 g/mol. The van der Waals surface area contributed by atoms with Gasteiger partial charge in [0.15, 0.2) is 0 Å². The molecule has 1 aromatic carbocycles. The van der Waals surface area contributed by atoms with Crippen molar-refractivity contribution in [1.82, 2.24) is 9.55 Å². The van der Waals surface area contributed by atoms with Crippen LogP contribution in [0, 0.1) is 0 Å². The van der Waals surface area contributed by atoms with Gasteiger partial charge in [-0.05, 0) is 24.8 Å². The van der Waals surface area contributed by atoms with Crippen LogP contribution in [-0.2, 0) is 0 Å². The summed E-state index contributed by atoms with van der Waals surface area (Å²) in [6, 6.07) is 5.75. The van der Waals surface area contributed by atoms with Gasteiger partial charge in [0, 0.05) is 17.7 Å². The standard InChI is InChI=1S/C16H22N2O2S/c1-5-11(9-21-4)18-13-8-6-7-12(16(19)20)14(13)17-15(18)10(2)3/h6-8,10-11H,5,9H2,1-4H3,(H,19,20). The van der Waals surface area contributed by atoms with Crippen molar-refractivity contribution in [2.24, 2.45) is 0 Å². The van der Waals surface area contributed by atoms with Gasteiger partial charge < -0.3 is 9.67 Å². The van der Waals surface area contributed by atoms with Crippen molar-refractivity contribution in [3.05, 3.63) is 29.6 Å². The molecule has 4 nitrogen and oxygen atoms in total. The molecule has 1 heterocycles. The van der Waals surface area contributed by atoms with E-state index in [9.17, 15) is 9.90 Å². The second-order valence-electron chi connectivity index (χ2n) is 5.49. The molecule has 114 valence electrons. The van der Waals surface area contributed by atoms with E-state index in [0.717, 1.165) is 23.5 Å². The molecular weight excluding hydrogens is 284 g/mol. The maximum Gasteiger partial charge on any atom is 0.337 e. The Morgan fingerprint density at radius 3 is 2.67 bits per heavy atom. The fraction of sp³-hybridized carbons (Fsp3) is 0.500. The summed E-state index contributed by atoms with van der Waals surface area (Å²) in [7, 11) is 0. The number of rotatable bonds is 6. The average Bonchev–Trinajstić information content (AvgIpc) is 2.84. The SMILES string of the molecule is CCC(CSC)n1c(C(C)C)nc2c(C(=O)O)cccc21. The minimum absolute atomic E-state index is 0.259. The number of aromatic carboxylic acids is 1. The second-order valence-corrected chi connectivity index (χ2v) is 6.40. The van der Waals surface area contributed by atoms with Crippen molar-refractivity contribution >= 4 is 28.8 Å². The Hall–Kier alpha value is -1.49. The maximum absolute atomic E-state index is 11.4. The molecule has 0 fully saturated rings. The third-order valence-electron chi connectivity index (χ3n) is 3.69. The zero-order valence-electron chi connectivity index (χ0n) is 13.0. The number of benzene rings is 1. The molecule has 2 rings (SSSR count). The first-order chi connectivity index (χ1) is 10.0. The number of carboxylic acids is 1. The number of hydrogen-bond acceptors (Lipinski definition) is 3. The van der Waals surface area contributed by atoms with Crippen molar-refractivity contribution in [3.63, 3.8) is 0 Å². The topological polar surface area (TPSA) is 55.1 Å². The van der Waals surface area contributed by atoms with Crippen molar-refractivity contribution in [2.45, 2.75) is 39.2 Å². The normalized spacial score (nSPS) is 13.0. The van der Waals surface area contributed by atoms with Gasteiger partial charge in [0.2, 0.25) is 0 Å². The summed E-state index contributed by atoms with van der Waals surface area (Å²) < 4.78 is 2.24. The highest BCUT2D eigenvalue weighted by atomic mass is 32.2. The molecule has 2 aromatic rings. The van der Waals surface area contributed by atoms with E-state index >= 15 is 0 Å². The molecule has 0 saturated carbocycles. The molecular formula is C16H22N2O2S. The molecule has 1 N–H and O–H groups in total. The quantitative estimate of drug-likeness (QED) is 0.870. The molecule has 0 aliphatic carbocycles. The molecule has 21 heavy (non-hydrogen) atoms. The molecule has 0 radical (unpaired) electrons. The summed E-state index contributed by atoms with van der Waals surface area (Å²) in [5.74, 6) is 1.31. The van der Waals surface area contributed by atoms with Crippen molar-refractivity contribution < 1.29 is 9.90 Å². The summed E-state index contributed by atoms with van der Waals surface area (Å²) in [4.78, 5) is 16.1. The van der Waals surface area contributed by atoms with Gasteiger partial charge in [0.05, 0.1) is 11.1 Å². The number of hydrogen-bond donors (Lipinski definition) is 1. The van der Waals surface area contributed by atoms with Crippen LogP contribution in [0.5, 0.6) is 0 Å². The van der Waals surface area contributed by atoms with Crippen molar-refractivity contribution in [2.75, 3.05) is 12.0 Å². The van der Waals surface area contributed by atoms with Crippen LogP contribution in [0.3, 0.4) is 0 Å². The van der Waals surface area contributed by atoms with E-state index in [1.54, 1.807) is 12.1 Å². The first-order valence-electron chi connectivity index (χ1n) is 7.24. The number of para-hydroxylation sites is 1. The second kappa shape index (κ2) is 6.52. The Kier molecular flexibility index (Phi) is 4.93. The largest absolute Gasteiger partial charge is 0.478 e. The Balaban J connectivity index is 2.74. The lowest BCUT2D eigenvalue weighted by atomic mass is 10.1. The molecule has 0 aliphatic rings. The van der Waals surface area contributed by atoms with Crippen molar-refractivity contribution in [1.29, 1.82) is 0 Å². The maximum atomic E-state index is 11.4. The molecule has 1 unspecified atom stereocenters. The minimum Gasteiger partial charge on any atom is -0.478 e. The van der Waals surface area contributed by atoms with Crippen LogP contribution in [0.15, 0.2) is 18.2 Å². The number of thioether (sulfide) groups is 1. The molecule has 5 heteroatoms. The van der Waals surface area contributed by atoms with E-state index in [1.165, 1.54) is 0 Å². The van der Waals surface area contributed by atoms with Crippen LogP contribution >= 0.6 is 11.8 Å². The smallest absolute Gasteiger partial charge is 0.337 e. The minimum atomic E-state index is -0.918. The summed E-state index contributed by atoms with van der Waals surface area (Å²) in [6.45, 7) is 6.37. The first kappa shape index (κ1) is 15.9. The number of imidazole rings is 1. The number of nitrogens with zero attached hydrogens (tertiary/aromatic N) is 2.